The number of halogens is 2. The first-order chi connectivity index (χ1) is 15.4. The molecule has 3 aromatic rings. The molecular weight excluding hydrogens is 439 g/mol. The second kappa shape index (κ2) is 7.48. The fourth-order valence-corrected chi connectivity index (χ4v) is 6.69. The maximum Gasteiger partial charge on any atom is 0.159 e. The number of para-hydroxylation sites is 1. The second-order valence-corrected chi connectivity index (χ2v) is 10.7. The normalized spacial score (nSPS) is 29.1. The molecule has 0 amide bonds. The molecule has 6 rings (SSSR count). The lowest BCUT2D eigenvalue weighted by molar-refractivity contribution is -0.121. The minimum Gasteiger partial charge on any atom is -0.357 e. The van der Waals surface area contributed by atoms with Crippen molar-refractivity contribution in [3.05, 3.63) is 74.9 Å². The van der Waals surface area contributed by atoms with Gasteiger partial charge in [0.05, 0.1) is 15.6 Å². The lowest BCUT2D eigenvalue weighted by Crippen LogP contribution is -2.57. The minimum atomic E-state index is -0.0288. The summed E-state index contributed by atoms with van der Waals surface area (Å²) in [4.78, 5) is 19.5. The average molecular weight is 465 g/mol. The number of H-pyrrole nitrogens is 1. The number of aromatic amines is 1. The van der Waals surface area contributed by atoms with Crippen LogP contribution in [0.4, 0.5) is 0 Å². The van der Waals surface area contributed by atoms with Gasteiger partial charge in [-0.1, -0.05) is 47.5 Å². The van der Waals surface area contributed by atoms with Gasteiger partial charge in [-0.05, 0) is 79.0 Å². The Morgan fingerprint density at radius 3 is 2.78 bits per heavy atom. The first kappa shape index (κ1) is 20.5. The number of hydrogen-bond donors (Lipinski definition) is 1. The van der Waals surface area contributed by atoms with Crippen LogP contribution in [-0.4, -0.2) is 28.8 Å². The quantitative estimate of drug-likeness (QED) is 0.410. The van der Waals surface area contributed by atoms with Gasteiger partial charge in [0.15, 0.2) is 5.78 Å². The zero-order valence-corrected chi connectivity index (χ0v) is 19.6. The smallest absolute Gasteiger partial charge is 0.159 e. The van der Waals surface area contributed by atoms with E-state index in [0.29, 0.717) is 28.3 Å². The first-order valence-electron chi connectivity index (χ1n) is 11.5. The van der Waals surface area contributed by atoms with Crippen LogP contribution in [-0.2, 0) is 16.8 Å². The zero-order chi connectivity index (χ0) is 22.0. The van der Waals surface area contributed by atoms with E-state index in [2.05, 4.69) is 41.1 Å². The molecule has 0 radical (unpaired) electrons. The molecule has 1 saturated heterocycles. The molecule has 164 valence electrons. The van der Waals surface area contributed by atoms with Crippen molar-refractivity contribution in [3.8, 4) is 0 Å². The number of nitrogens with zero attached hydrogens (tertiary/aromatic N) is 1. The van der Waals surface area contributed by atoms with Crippen LogP contribution < -0.4 is 0 Å². The number of carbonyl (C=O) groups excluding carboxylic acids is 1. The molecular formula is C27H26Cl2N2O. The molecule has 0 spiro atoms. The molecule has 2 aliphatic heterocycles. The fourth-order valence-electron chi connectivity index (χ4n) is 6.38. The SMILES string of the molecule is C[C@@]12CC3CC(=O)/C(=C/c4ccc(Cl)c(Cl)c4)CC3CN1CCc1c2[nH]c2ccccc12. The number of Topliss-reactive ketones (excluding diaryl/α,β-unsaturated/α-hetero) is 1. The molecule has 2 aromatic carbocycles. The number of hydrogen-bond acceptors (Lipinski definition) is 2. The predicted molar refractivity (Wildman–Crippen MR) is 131 cm³/mol. The summed E-state index contributed by atoms with van der Waals surface area (Å²) in [7, 11) is 0. The second-order valence-electron chi connectivity index (χ2n) is 9.89. The molecule has 32 heavy (non-hydrogen) atoms. The summed E-state index contributed by atoms with van der Waals surface area (Å²) in [6.07, 6.45) is 5.60. The summed E-state index contributed by atoms with van der Waals surface area (Å²) in [6.45, 7) is 4.50. The number of ketones is 1. The van der Waals surface area contributed by atoms with E-state index in [1.807, 2.05) is 18.2 Å². The average Bonchev–Trinajstić information content (AvgIpc) is 3.16. The van der Waals surface area contributed by atoms with Crippen LogP contribution in [0.1, 0.15) is 43.0 Å². The summed E-state index contributed by atoms with van der Waals surface area (Å²) in [5.74, 6) is 1.22. The van der Waals surface area contributed by atoms with E-state index in [4.69, 9.17) is 23.2 Å². The highest BCUT2D eigenvalue weighted by atomic mass is 35.5. The monoisotopic (exact) mass is 464 g/mol. The van der Waals surface area contributed by atoms with Crippen LogP contribution in [0.5, 0.6) is 0 Å². The van der Waals surface area contributed by atoms with E-state index >= 15 is 0 Å². The summed E-state index contributed by atoms with van der Waals surface area (Å²) in [6, 6.07) is 14.2. The van der Waals surface area contributed by atoms with E-state index < -0.39 is 0 Å². The van der Waals surface area contributed by atoms with Crippen molar-refractivity contribution in [2.75, 3.05) is 13.1 Å². The highest BCUT2D eigenvalue weighted by Gasteiger charge is 2.49. The summed E-state index contributed by atoms with van der Waals surface area (Å²) < 4.78 is 0. The number of rotatable bonds is 1. The van der Waals surface area contributed by atoms with Gasteiger partial charge in [-0.3, -0.25) is 9.69 Å². The summed E-state index contributed by atoms with van der Waals surface area (Å²) >= 11 is 12.2. The number of aromatic nitrogens is 1. The van der Waals surface area contributed by atoms with E-state index in [-0.39, 0.29) is 11.3 Å². The first-order valence-corrected chi connectivity index (χ1v) is 12.2. The Morgan fingerprint density at radius 2 is 1.94 bits per heavy atom. The Kier molecular flexibility index (Phi) is 4.80. The molecule has 3 heterocycles. The Bertz CT molecular complexity index is 1280. The van der Waals surface area contributed by atoms with Gasteiger partial charge < -0.3 is 4.98 Å². The lowest BCUT2D eigenvalue weighted by Gasteiger charge is -2.54. The topological polar surface area (TPSA) is 36.1 Å². The molecule has 0 bridgehead atoms. The maximum absolute atomic E-state index is 13.1. The molecule has 5 heteroatoms. The number of piperidine rings is 1. The molecule has 1 N–H and O–H groups in total. The Balaban J connectivity index is 1.30. The third-order valence-corrected chi connectivity index (χ3v) is 8.77. The van der Waals surface area contributed by atoms with Crippen molar-refractivity contribution in [1.29, 1.82) is 0 Å². The van der Waals surface area contributed by atoms with Gasteiger partial charge in [0.2, 0.25) is 0 Å². The van der Waals surface area contributed by atoms with Crippen molar-refractivity contribution >= 4 is 46.0 Å². The van der Waals surface area contributed by atoms with E-state index in [1.54, 1.807) is 6.07 Å². The summed E-state index contributed by atoms with van der Waals surface area (Å²) in [5.41, 5.74) is 5.92. The number of allylic oxidation sites excluding steroid dienone is 1. The van der Waals surface area contributed by atoms with E-state index in [0.717, 1.165) is 43.5 Å². The lowest BCUT2D eigenvalue weighted by atomic mass is 9.65. The molecule has 1 aliphatic carbocycles. The van der Waals surface area contributed by atoms with E-state index in [1.165, 1.54) is 22.2 Å². The fraction of sp³-hybridized carbons (Fsp3) is 0.370. The van der Waals surface area contributed by atoms with Crippen molar-refractivity contribution in [3.63, 3.8) is 0 Å². The number of fused-ring (bicyclic) bond motifs is 6. The molecule has 2 fully saturated rings. The third-order valence-electron chi connectivity index (χ3n) is 8.04. The zero-order valence-electron chi connectivity index (χ0n) is 18.1. The van der Waals surface area contributed by atoms with Crippen molar-refractivity contribution in [2.24, 2.45) is 11.8 Å². The van der Waals surface area contributed by atoms with Crippen LogP contribution in [0.3, 0.4) is 0 Å². The minimum absolute atomic E-state index is 0.0288. The van der Waals surface area contributed by atoms with Crippen molar-refractivity contribution < 1.29 is 4.79 Å². The number of benzene rings is 2. The van der Waals surface area contributed by atoms with Gasteiger partial charge in [0.1, 0.15) is 0 Å². The van der Waals surface area contributed by atoms with Crippen LogP contribution in [0.15, 0.2) is 48.0 Å². The predicted octanol–water partition coefficient (Wildman–Crippen LogP) is 6.63. The molecule has 1 saturated carbocycles. The Labute approximate surface area is 198 Å². The number of nitrogens with one attached hydrogen (secondary N) is 1. The summed E-state index contributed by atoms with van der Waals surface area (Å²) in [5, 5.41) is 2.42. The van der Waals surface area contributed by atoms with Crippen LogP contribution in [0.2, 0.25) is 10.0 Å². The largest absolute Gasteiger partial charge is 0.357 e. The van der Waals surface area contributed by atoms with Gasteiger partial charge in [0, 0.05) is 36.1 Å². The van der Waals surface area contributed by atoms with E-state index in [9.17, 15) is 4.79 Å². The highest BCUT2D eigenvalue weighted by Crippen LogP contribution is 2.50. The highest BCUT2D eigenvalue weighted by molar-refractivity contribution is 6.42. The molecule has 3 nitrogen and oxygen atoms in total. The van der Waals surface area contributed by atoms with Gasteiger partial charge in [-0.25, -0.2) is 0 Å². The third kappa shape index (κ3) is 3.17. The van der Waals surface area contributed by atoms with Crippen LogP contribution in [0.25, 0.3) is 17.0 Å². The van der Waals surface area contributed by atoms with Crippen molar-refractivity contribution in [2.45, 2.75) is 38.1 Å². The maximum atomic E-state index is 13.1. The van der Waals surface area contributed by atoms with Crippen LogP contribution >= 0.6 is 23.2 Å². The van der Waals surface area contributed by atoms with Gasteiger partial charge in [-0.2, -0.15) is 0 Å². The molecule has 3 aliphatic rings. The number of carbonyl (C=O) groups is 1. The van der Waals surface area contributed by atoms with Crippen LogP contribution in [0, 0.1) is 11.8 Å². The molecule has 1 aromatic heterocycles. The Hall–Kier alpha value is -2.07. The van der Waals surface area contributed by atoms with Gasteiger partial charge in [0.25, 0.3) is 0 Å². The Morgan fingerprint density at radius 1 is 1.09 bits per heavy atom. The standard InChI is InChI=1S/C27H26Cl2N2O/c1-27-14-18-13-25(32)17(10-16-6-7-22(28)23(29)11-16)12-19(18)15-31(27)9-8-21-20-4-2-3-5-24(20)30-26(21)27/h2-7,10-11,18-19,30H,8-9,12-15H2,1H3/b17-10+/t18?,19?,27-/m0/s1. The molecule has 2 unspecified atom stereocenters. The van der Waals surface area contributed by atoms with Gasteiger partial charge in [-0.15, -0.1) is 0 Å². The molecule has 3 atom stereocenters. The van der Waals surface area contributed by atoms with Crippen molar-refractivity contribution in [1.82, 2.24) is 9.88 Å². The van der Waals surface area contributed by atoms with Gasteiger partial charge >= 0.3 is 0 Å².